The zero-order valence-electron chi connectivity index (χ0n) is 18.6. The first kappa shape index (κ1) is 30.5. The highest BCUT2D eigenvalue weighted by Gasteiger charge is 1.94. The molecule has 0 unspecified atom stereocenters. The summed E-state index contributed by atoms with van der Waals surface area (Å²) in [4.78, 5) is 0. The molecule has 0 aliphatic carbocycles. The quantitative estimate of drug-likeness (QED) is 0.367. The molecule has 26 heavy (non-hydrogen) atoms. The fraction of sp³-hybridized carbons (Fsp3) is 1.00. The van der Waals surface area contributed by atoms with Gasteiger partial charge in [0.2, 0.25) is 0 Å². The van der Waals surface area contributed by atoms with Crippen LogP contribution in [-0.2, 0) is 23.7 Å². The van der Waals surface area contributed by atoms with Crippen LogP contribution >= 0.6 is 0 Å². The van der Waals surface area contributed by atoms with Crippen molar-refractivity contribution in [3.05, 3.63) is 0 Å². The van der Waals surface area contributed by atoms with Gasteiger partial charge in [-0.2, -0.15) is 0 Å². The van der Waals surface area contributed by atoms with Crippen molar-refractivity contribution in [2.45, 2.75) is 60.9 Å². The minimum absolute atomic E-state index is 0.504. The molecule has 0 heterocycles. The Morgan fingerprint density at radius 1 is 0.538 bits per heavy atom. The molecule has 0 aliphatic rings. The Morgan fingerprint density at radius 3 is 1.15 bits per heavy atom. The molecule has 162 valence electrons. The van der Waals surface area contributed by atoms with E-state index in [1.54, 1.807) is 0 Å². The third kappa shape index (κ3) is 35.0. The Morgan fingerprint density at radius 2 is 0.846 bits per heavy atom. The zero-order valence-corrected chi connectivity index (χ0v) is 18.6. The Balaban J connectivity index is -0.00000123. The molecular weight excluding hydrogens is 334 g/mol. The maximum absolute atomic E-state index is 5.42. The molecule has 0 fully saturated rings. The number of hydrogen-bond acceptors (Lipinski definition) is 6. The third-order valence-electron chi connectivity index (χ3n) is 2.64. The summed E-state index contributed by atoms with van der Waals surface area (Å²) in [6.07, 6.45) is 1.04. The van der Waals surface area contributed by atoms with Gasteiger partial charge in [0.25, 0.3) is 0 Å². The summed E-state index contributed by atoms with van der Waals surface area (Å²) in [6.45, 7) is 21.6. The van der Waals surface area contributed by atoms with Crippen molar-refractivity contribution in [2.24, 2.45) is 0 Å². The lowest BCUT2D eigenvalue weighted by atomic mass is 10.4. The van der Waals surface area contributed by atoms with Gasteiger partial charge in [0, 0.05) is 19.2 Å². The van der Waals surface area contributed by atoms with E-state index in [0.29, 0.717) is 58.9 Å². The van der Waals surface area contributed by atoms with Gasteiger partial charge < -0.3 is 29.0 Å². The number of hydrogen-bond donors (Lipinski definition) is 1. The smallest absolute Gasteiger partial charge is 0.0701 e. The normalized spacial score (nSPS) is 10.2. The summed E-state index contributed by atoms with van der Waals surface area (Å²) in [6, 6.07) is 0.504. The summed E-state index contributed by atoms with van der Waals surface area (Å²) in [5.74, 6) is 0. The molecule has 0 amide bonds. The van der Waals surface area contributed by atoms with E-state index in [1.165, 1.54) is 0 Å². The van der Waals surface area contributed by atoms with Crippen molar-refractivity contribution in [3.63, 3.8) is 0 Å². The molecule has 0 aliphatic heterocycles. The second kappa shape index (κ2) is 32.4. The van der Waals surface area contributed by atoms with Crippen LogP contribution in [0.3, 0.4) is 0 Å². The Hall–Kier alpha value is -0.240. The predicted molar refractivity (Wildman–Crippen MR) is 110 cm³/mol. The van der Waals surface area contributed by atoms with E-state index in [-0.39, 0.29) is 0 Å². The average molecular weight is 382 g/mol. The van der Waals surface area contributed by atoms with E-state index >= 15 is 0 Å². The van der Waals surface area contributed by atoms with Crippen LogP contribution in [0.4, 0.5) is 0 Å². The van der Waals surface area contributed by atoms with Gasteiger partial charge in [0.1, 0.15) is 0 Å². The maximum atomic E-state index is 5.42. The van der Waals surface area contributed by atoms with E-state index in [2.05, 4.69) is 26.1 Å². The van der Waals surface area contributed by atoms with E-state index in [0.717, 1.165) is 26.2 Å². The number of ether oxygens (including phenoxy) is 5. The van der Waals surface area contributed by atoms with Gasteiger partial charge in [0.05, 0.1) is 59.5 Å². The minimum atomic E-state index is 0.504. The largest absolute Gasteiger partial charge is 0.379 e. The van der Waals surface area contributed by atoms with Crippen molar-refractivity contribution in [1.29, 1.82) is 0 Å². The van der Waals surface area contributed by atoms with Crippen LogP contribution in [0.15, 0.2) is 0 Å². The molecule has 0 bridgehead atoms. The topological polar surface area (TPSA) is 58.2 Å². The number of nitrogens with one attached hydrogen (secondary N) is 1. The third-order valence-corrected chi connectivity index (χ3v) is 2.64. The lowest BCUT2D eigenvalue weighted by Crippen LogP contribution is -2.27. The zero-order chi connectivity index (χ0) is 20.3. The molecule has 0 aromatic rings. The average Bonchev–Trinajstić information content (AvgIpc) is 2.67. The van der Waals surface area contributed by atoms with Gasteiger partial charge in [-0.1, -0.05) is 48.5 Å². The standard InChI is InChI=1S/C16H35NO5.2C2H6/c1-4-6-18-8-10-20-12-14-22-15-13-21-11-9-19-7-5-17-16(2)3;2*1-2/h16-17H,4-15H2,1-3H3;2*1-2H3. The van der Waals surface area contributed by atoms with E-state index in [1.807, 2.05) is 27.7 Å². The SMILES string of the molecule is CC.CC.CCCOCCOCCOCCOCCOCCNC(C)C. The molecule has 0 saturated heterocycles. The van der Waals surface area contributed by atoms with Gasteiger partial charge in [-0.3, -0.25) is 0 Å². The van der Waals surface area contributed by atoms with Crippen LogP contribution < -0.4 is 5.32 Å². The molecule has 6 nitrogen and oxygen atoms in total. The molecule has 0 aromatic carbocycles. The highest BCUT2D eigenvalue weighted by atomic mass is 16.6. The molecule has 0 atom stereocenters. The molecule has 0 aromatic heterocycles. The first-order valence-corrected chi connectivity index (χ1v) is 10.4. The molecule has 0 rings (SSSR count). The maximum Gasteiger partial charge on any atom is 0.0701 e. The Kier molecular flexibility index (Phi) is 38.0. The lowest BCUT2D eigenvalue weighted by Gasteiger charge is -2.09. The van der Waals surface area contributed by atoms with Crippen LogP contribution in [0.2, 0.25) is 0 Å². The molecule has 1 N–H and O–H groups in total. The molecule has 0 spiro atoms. The molecular formula is C20H47NO5. The van der Waals surface area contributed by atoms with E-state index < -0.39 is 0 Å². The van der Waals surface area contributed by atoms with E-state index in [9.17, 15) is 0 Å². The van der Waals surface area contributed by atoms with Gasteiger partial charge in [-0.15, -0.1) is 0 Å². The molecule has 0 saturated carbocycles. The highest BCUT2D eigenvalue weighted by Crippen LogP contribution is 1.85. The van der Waals surface area contributed by atoms with Crippen molar-refractivity contribution < 1.29 is 23.7 Å². The van der Waals surface area contributed by atoms with Crippen molar-refractivity contribution in [2.75, 3.05) is 72.6 Å². The van der Waals surface area contributed by atoms with Crippen molar-refractivity contribution in [1.82, 2.24) is 5.32 Å². The van der Waals surface area contributed by atoms with Crippen LogP contribution in [0, 0.1) is 0 Å². The first-order valence-electron chi connectivity index (χ1n) is 10.4. The van der Waals surface area contributed by atoms with Gasteiger partial charge in [0.15, 0.2) is 0 Å². The van der Waals surface area contributed by atoms with Gasteiger partial charge >= 0.3 is 0 Å². The Bertz CT molecular complexity index is 207. The second-order valence-corrected chi connectivity index (χ2v) is 5.17. The summed E-state index contributed by atoms with van der Waals surface area (Å²) < 4.78 is 26.9. The van der Waals surface area contributed by atoms with Crippen molar-refractivity contribution in [3.8, 4) is 0 Å². The fourth-order valence-electron chi connectivity index (χ4n) is 1.55. The summed E-state index contributed by atoms with van der Waals surface area (Å²) >= 11 is 0. The van der Waals surface area contributed by atoms with Gasteiger partial charge in [-0.25, -0.2) is 0 Å². The first-order chi connectivity index (χ1) is 12.8. The van der Waals surface area contributed by atoms with Gasteiger partial charge in [-0.05, 0) is 6.42 Å². The molecule has 0 radical (unpaired) electrons. The minimum Gasteiger partial charge on any atom is -0.379 e. The summed E-state index contributed by atoms with van der Waals surface area (Å²) in [5, 5.41) is 3.29. The fourth-order valence-corrected chi connectivity index (χ4v) is 1.55. The summed E-state index contributed by atoms with van der Waals surface area (Å²) in [7, 11) is 0. The highest BCUT2D eigenvalue weighted by molar-refractivity contribution is 4.50. The monoisotopic (exact) mass is 381 g/mol. The second-order valence-electron chi connectivity index (χ2n) is 5.17. The lowest BCUT2D eigenvalue weighted by molar-refractivity contribution is -0.0108. The summed E-state index contributed by atoms with van der Waals surface area (Å²) in [5.41, 5.74) is 0. The van der Waals surface area contributed by atoms with Crippen LogP contribution in [0.5, 0.6) is 0 Å². The number of rotatable bonds is 18. The van der Waals surface area contributed by atoms with Crippen LogP contribution in [-0.4, -0.2) is 78.7 Å². The predicted octanol–water partition coefficient (Wildman–Crippen LogP) is 3.53. The van der Waals surface area contributed by atoms with Crippen LogP contribution in [0.25, 0.3) is 0 Å². The van der Waals surface area contributed by atoms with Crippen LogP contribution in [0.1, 0.15) is 54.9 Å². The van der Waals surface area contributed by atoms with E-state index in [4.69, 9.17) is 23.7 Å². The van der Waals surface area contributed by atoms with Crippen molar-refractivity contribution >= 4 is 0 Å². The molecule has 6 heteroatoms. The Labute approximate surface area is 163 Å².